The molecule has 0 atom stereocenters. The zero-order valence-electron chi connectivity index (χ0n) is 18.6. The maximum atomic E-state index is 12.9. The Morgan fingerprint density at radius 3 is 2.23 bits per heavy atom. The molecule has 1 fully saturated rings. The van der Waals surface area contributed by atoms with Crippen LogP contribution in [0.3, 0.4) is 0 Å². The van der Waals surface area contributed by atoms with Crippen molar-refractivity contribution in [3.63, 3.8) is 0 Å². The Labute approximate surface area is 185 Å². The number of amides is 1. The number of hydrogen-bond acceptors (Lipinski definition) is 5. The van der Waals surface area contributed by atoms with Crippen molar-refractivity contribution >= 4 is 21.6 Å². The molecule has 0 bridgehead atoms. The first-order valence-corrected chi connectivity index (χ1v) is 11.8. The van der Waals surface area contributed by atoms with Gasteiger partial charge in [-0.2, -0.15) is 0 Å². The summed E-state index contributed by atoms with van der Waals surface area (Å²) in [6, 6.07) is 13.3. The van der Waals surface area contributed by atoms with Gasteiger partial charge in [-0.1, -0.05) is 17.7 Å². The van der Waals surface area contributed by atoms with Crippen molar-refractivity contribution in [2.24, 2.45) is 0 Å². The van der Waals surface area contributed by atoms with Crippen molar-refractivity contribution < 1.29 is 17.9 Å². The summed E-state index contributed by atoms with van der Waals surface area (Å²) in [4.78, 5) is 15.2. The second-order valence-corrected chi connectivity index (χ2v) is 10.4. The van der Waals surface area contributed by atoms with Crippen LogP contribution in [0.4, 0.5) is 5.69 Å². The fourth-order valence-electron chi connectivity index (χ4n) is 3.51. The highest BCUT2D eigenvalue weighted by atomic mass is 32.2. The van der Waals surface area contributed by atoms with Crippen LogP contribution < -0.4 is 9.62 Å². The van der Waals surface area contributed by atoms with Gasteiger partial charge in [-0.15, -0.1) is 0 Å². The third-order valence-corrected chi connectivity index (χ3v) is 7.52. The van der Waals surface area contributed by atoms with Crippen LogP contribution in [0.2, 0.25) is 0 Å². The van der Waals surface area contributed by atoms with Crippen LogP contribution in [0.15, 0.2) is 53.4 Å². The zero-order chi connectivity index (χ0) is 22.6. The summed E-state index contributed by atoms with van der Waals surface area (Å²) >= 11 is 0. The number of anilines is 1. The van der Waals surface area contributed by atoms with Gasteiger partial charge in [0.15, 0.2) is 0 Å². The number of carbonyl (C=O) groups is 1. The lowest BCUT2D eigenvalue weighted by atomic mass is 10.0. The summed E-state index contributed by atoms with van der Waals surface area (Å²) in [5, 5.41) is 2.99. The van der Waals surface area contributed by atoms with Crippen LogP contribution in [-0.2, 0) is 14.8 Å². The molecular formula is C23H31N3O4S. The Morgan fingerprint density at radius 2 is 1.65 bits per heavy atom. The van der Waals surface area contributed by atoms with Crippen LogP contribution in [0.5, 0.6) is 0 Å². The highest BCUT2D eigenvalue weighted by Gasteiger charge is 2.28. The van der Waals surface area contributed by atoms with Crippen LogP contribution in [-0.4, -0.2) is 64.7 Å². The average molecular weight is 446 g/mol. The lowest BCUT2D eigenvalue weighted by Gasteiger charge is -2.40. The summed E-state index contributed by atoms with van der Waals surface area (Å²) in [7, 11) is -2.16. The van der Waals surface area contributed by atoms with E-state index in [1.807, 2.05) is 6.92 Å². The van der Waals surface area contributed by atoms with E-state index in [1.54, 1.807) is 48.5 Å². The Hall–Kier alpha value is -2.42. The van der Waals surface area contributed by atoms with Gasteiger partial charge < -0.3 is 10.1 Å². The Balaban J connectivity index is 1.65. The number of nitrogens with one attached hydrogen (secondary N) is 1. The van der Waals surface area contributed by atoms with Gasteiger partial charge in [-0.3, -0.25) is 14.0 Å². The zero-order valence-corrected chi connectivity index (χ0v) is 19.4. The predicted octanol–water partition coefficient (Wildman–Crippen LogP) is 2.66. The van der Waals surface area contributed by atoms with Crippen LogP contribution in [0.1, 0.15) is 29.8 Å². The second-order valence-electron chi connectivity index (χ2n) is 8.43. The molecule has 1 saturated heterocycles. The van der Waals surface area contributed by atoms with Crippen LogP contribution in [0, 0.1) is 6.92 Å². The number of nitrogens with zero attached hydrogens (tertiary/aromatic N) is 2. The normalized spacial score (nSPS) is 15.5. The minimum Gasteiger partial charge on any atom is -0.379 e. The van der Waals surface area contributed by atoms with Crippen molar-refractivity contribution in [2.75, 3.05) is 44.2 Å². The lowest BCUT2D eigenvalue weighted by molar-refractivity contribution is -0.00923. The van der Waals surface area contributed by atoms with E-state index in [9.17, 15) is 13.2 Å². The fraction of sp³-hybridized carbons (Fsp3) is 0.435. The highest BCUT2D eigenvalue weighted by molar-refractivity contribution is 7.92. The summed E-state index contributed by atoms with van der Waals surface area (Å²) in [5.74, 6) is -0.183. The molecule has 3 rings (SSSR count). The monoisotopic (exact) mass is 445 g/mol. The molecule has 1 N–H and O–H groups in total. The summed E-state index contributed by atoms with van der Waals surface area (Å²) < 4.78 is 32.3. The minimum atomic E-state index is -3.67. The molecule has 0 unspecified atom stereocenters. The summed E-state index contributed by atoms with van der Waals surface area (Å²) in [6.07, 6.45) is 0. The number of benzene rings is 2. The molecule has 168 valence electrons. The number of hydrogen-bond donors (Lipinski definition) is 1. The second kappa shape index (κ2) is 9.38. The molecule has 1 aliphatic heterocycles. The van der Waals surface area contributed by atoms with Gasteiger partial charge >= 0.3 is 0 Å². The van der Waals surface area contributed by atoms with Gasteiger partial charge in [0, 0.05) is 37.8 Å². The largest absolute Gasteiger partial charge is 0.379 e. The molecular weight excluding hydrogens is 414 g/mol. The van der Waals surface area contributed by atoms with Crippen molar-refractivity contribution in [1.29, 1.82) is 0 Å². The van der Waals surface area contributed by atoms with Crippen LogP contribution >= 0.6 is 0 Å². The molecule has 0 aromatic heterocycles. The maximum Gasteiger partial charge on any atom is 0.264 e. The number of sulfonamides is 1. The molecule has 1 amide bonds. The van der Waals surface area contributed by atoms with Crippen molar-refractivity contribution in [2.45, 2.75) is 31.2 Å². The van der Waals surface area contributed by atoms with Gasteiger partial charge in [0.05, 0.1) is 23.8 Å². The lowest BCUT2D eigenvalue weighted by Crippen LogP contribution is -2.55. The SMILES string of the molecule is Cc1ccc(S(=O)(=O)N(C)c2ccc(C(=O)NCC(C)(C)N3CCOCC3)cc2)cc1. The average Bonchev–Trinajstić information content (AvgIpc) is 2.78. The van der Waals surface area contributed by atoms with E-state index in [0.29, 0.717) is 31.0 Å². The first kappa shape index (κ1) is 23.2. The quantitative estimate of drug-likeness (QED) is 0.709. The van der Waals surface area contributed by atoms with E-state index < -0.39 is 10.0 Å². The number of aryl methyl sites for hydroxylation is 1. The van der Waals surface area contributed by atoms with Gasteiger partial charge in [0.1, 0.15) is 0 Å². The summed E-state index contributed by atoms with van der Waals surface area (Å²) in [5.41, 5.74) is 1.80. The topological polar surface area (TPSA) is 79.0 Å². The molecule has 7 nitrogen and oxygen atoms in total. The maximum absolute atomic E-state index is 12.9. The van der Waals surface area contributed by atoms with Gasteiger partial charge in [-0.05, 0) is 57.2 Å². The predicted molar refractivity (Wildman–Crippen MR) is 122 cm³/mol. The minimum absolute atomic E-state index is 0.179. The molecule has 8 heteroatoms. The van der Waals surface area contributed by atoms with Crippen molar-refractivity contribution in [1.82, 2.24) is 10.2 Å². The van der Waals surface area contributed by atoms with E-state index in [2.05, 4.69) is 24.1 Å². The fourth-order valence-corrected chi connectivity index (χ4v) is 4.70. The van der Waals surface area contributed by atoms with E-state index in [0.717, 1.165) is 18.7 Å². The third-order valence-electron chi connectivity index (χ3n) is 5.72. The molecule has 2 aromatic carbocycles. The molecule has 0 radical (unpaired) electrons. The number of carbonyl (C=O) groups excluding carboxylic acids is 1. The Morgan fingerprint density at radius 1 is 1.06 bits per heavy atom. The van der Waals surface area contributed by atoms with E-state index in [1.165, 1.54) is 11.4 Å². The molecule has 0 spiro atoms. The van der Waals surface area contributed by atoms with Gasteiger partial charge in [0.25, 0.3) is 15.9 Å². The summed E-state index contributed by atoms with van der Waals surface area (Å²) in [6.45, 7) is 9.73. The first-order chi connectivity index (χ1) is 14.6. The van der Waals surface area contributed by atoms with E-state index >= 15 is 0 Å². The van der Waals surface area contributed by atoms with E-state index in [4.69, 9.17) is 4.74 Å². The molecule has 2 aromatic rings. The standard InChI is InChI=1S/C23H31N3O4S/c1-18-5-11-21(12-6-18)31(28,29)25(4)20-9-7-19(8-10-20)22(27)24-17-23(2,3)26-13-15-30-16-14-26/h5-12H,13-17H2,1-4H3,(H,24,27). The van der Waals surface area contributed by atoms with Crippen molar-refractivity contribution in [3.8, 4) is 0 Å². The molecule has 0 saturated carbocycles. The smallest absolute Gasteiger partial charge is 0.264 e. The Bertz CT molecular complexity index is 996. The van der Waals surface area contributed by atoms with Crippen molar-refractivity contribution in [3.05, 3.63) is 59.7 Å². The first-order valence-electron chi connectivity index (χ1n) is 10.4. The van der Waals surface area contributed by atoms with E-state index in [-0.39, 0.29) is 16.3 Å². The highest BCUT2D eigenvalue weighted by Crippen LogP contribution is 2.23. The molecule has 1 heterocycles. The third kappa shape index (κ3) is 5.44. The number of morpholine rings is 1. The molecule has 1 aliphatic rings. The molecule has 31 heavy (non-hydrogen) atoms. The number of ether oxygens (including phenoxy) is 1. The van der Waals surface area contributed by atoms with Gasteiger partial charge in [-0.25, -0.2) is 8.42 Å². The van der Waals surface area contributed by atoms with Gasteiger partial charge in [0.2, 0.25) is 0 Å². The van der Waals surface area contributed by atoms with Crippen LogP contribution in [0.25, 0.3) is 0 Å². The Kier molecular flexibility index (Phi) is 7.03. The molecule has 0 aliphatic carbocycles. The number of rotatable bonds is 7.